The second-order valence-corrected chi connectivity index (χ2v) is 5.71. The van der Waals surface area contributed by atoms with Gasteiger partial charge >= 0.3 is 12.2 Å². The van der Waals surface area contributed by atoms with Crippen LogP contribution in [0.5, 0.6) is 5.75 Å². The molecule has 1 aliphatic rings. The number of rotatable bonds is 2. The number of nitrogens with one attached hydrogen (secondary N) is 1. The molecule has 0 unspecified atom stereocenters. The average Bonchev–Trinajstić information content (AvgIpc) is 2.63. The van der Waals surface area contributed by atoms with Crippen LogP contribution in [0.2, 0.25) is 0 Å². The minimum atomic E-state index is -4.41. The van der Waals surface area contributed by atoms with Gasteiger partial charge in [-0.05, 0) is 24.3 Å². The Morgan fingerprint density at radius 2 is 1.77 bits per heavy atom. The maximum absolute atomic E-state index is 12.6. The Hall–Kier alpha value is -3.04. The Kier molecular flexibility index (Phi) is 4.83. The minimum Gasteiger partial charge on any atom is -0.506 e. The molecule has 1 saturated heterocycles. The van der Waals surface area contributed by atoms with Crippen molar-refractivity contribution in [1.82, 2.24) is 14.9 Å². The van der Waals surface area contributed by atoms with Crippen molar-refractivity contribution in [1.29, 1.82) is 0 Å². The summed E-state index contributed by atoms with van der Waals surface area (Å²) in [4.78, 5) is 23.4. The van der Waals surface area contributed by atoms with Gasteiger partial charge in [0.1, 0.15) is 17.4 Å². The van der Waals surface area contributed by atoms with Crippen molar-refractivity contribution in [3.8, 4) is 5.75 Å². The molecule has 3 heterocycles. The number of pyridine rings is 2. The topological polar surface area (TPSA) is 81.6 Å². The van der Waals surface area contributed by atoms with Crippen LogP contribution >= 0.6 is 0 Å². The molecule has 2 amide bonds. The molecule has 26 heavy (non-hydrogen) atoms. The number of anilines is 2. The fourth-order valence-electron chi connectivity index (χ4n) is 2.53. The predicted molar refractivity (Wildman–Crippen MR) is 87.9 cm³/mol. The Balaban J connectivity index is 1.55. The number of amides is 2. The first-order valence-corrected chi connectivity index (χ1v) is 7.82. The van der Waals surface area contributed by atoms with Gasteiger partial charge in [-0.1, -0.05) is 0 Å². The number of nitrogens with zero attached hydrogens (tertiary/aromatic N) is 4. The van der Waals surface area contributed by atoms with Crippen molar-refractivity contribution in [3.63, 3.8) is 0 Å². The highest BCUT2D eigenvalue weighted by molar-refractivity contribution is 5.88. The Morgan fingerprint density at radius 1 is 1.04 bits per heavy atom. The van der Waals surface area contributed by atoms with Gasteiger partial charge < -0.3 is 14.9 Å². The first-order valence-electron chi connectivity index (χ1n) is 7.82. The fraction of sp³-hybridized carbons (Fsp3) is 0.312. The Bertz CT molecular complexity index is 757. The number of hydrogen-bond acceptors (Lipinski definition) is 5. The largest absolute Gasteiger partial charge is 0.506 e. The monoisotopic (exact) mass is 367 g/mol. The van der Waals surface area contributed by atoms with Gasteiger partial charge in [0, 0.05) is 32.4 Å². The van der Waals surface area contributed by atoms with Gasteiger partial charge in [0.25, 0.3) is 0 Å². The number of hydrogen-bond donors (Lipinski definition) is 2. The third-order valence-electron chi connectivity index (χ3n) is 3.95. The summed E-state index contributed by atoms with van der Waals surface area (Å²) in [6.07, 6.45) is -2.38. The van der Waals surface area contributed by atoms with E-state index in [0.29, 0.717) is 37.8 Å². The normalized spacial score (nSPS) is 15.0. The molecule has 7 nitrogen and oxygen atoms in total. The van der Waals surface area contributed by atoms with Gasteiger partial charge in [0.05, 0.1) is 11.8 Å². The van der Waals surface area contributed by atoms with Crippen LogP contribution < -0.4 is 10.2 Å². The smallest absolute Gasteiger partial charge is 0.417 e. The molecule has 1 fully saturated rings. The van der Waals surface area contributed by atoms with E-state index in [0.717, 1.165) is 12.3 Å². The number of urea groups is 1. The van der Waals surface area contributed by atoms with E-state index in [1.807, 2.05) is 4.90 Å². The van der Waals surface area contributed by atoms with E-state index in [4.69, 9.17) is 0 Å². The summed E-state index contributed by atoms with van der Waals surface area (Å²) in [5, 5.41) is 11.8. The molecule has 2 N–H and O–H groups in total. The van der Waals surface area contributed by atoms with E-state index >= 15 is 0 Å². The van der Waals surface area contributed by atoms with Gasteiger partial charge in [-0.15, -0.1) is 0 Å². The molecule has 0 saturated carbocycles. The van der Waals surface area contributed by atoms with Gasteiger partial charge in [0.2, 0.25) is 0 Å². The van der Waals surface area contributed by atoms with Crippen molar-refractivity contribution in [2.24, 2.45) is 0 Å². The molecule has 2 aromatic rings. The minimum absolute atomic E-state index is 0.000606. The summed E-state index contributed by atoms with van der Waals surface area (Å²) in [5.74, 6) is 0.763. The van der Waals surface area contributed by atoms with E-state index in [-0.39, 0.29) is 11.8 Å². The van der Waals surface area contributed by atoms with Crippen LogP contribution in [-0.4, -0.2) is 52.2 Å². The third kappa shape index (κ3) is 4.13. The number of aromatic nitrogens is 2. The average molecular weight is 367 g/mol. The van der Waals surface area contributed by atoms with Gasteiger partial charge in [0.15, 0.2) is 0 Å². The number of carbonyl (C=O) groups is 1. The van der Waals surface area contributed by atoms with Crippen LogP contribution in [0.3, 0.4) is 0 Å². The predicted octanol–water partition coefficient (Wildman–Crippen LogP) is 2.56. The molecule has 1 aliphatic heterocycles. The van der Waals surface area contributed by atoms with Crippen LogP contribution in [0.25, 0.3) is 0 Å². The zero-order chi connectivity index (χ0) is 18.7. The summed E-state index contributed by atoms with van der Waals surface area (Å²) in [5.41, 5.74) is -0.791. The molecule has 0 bridgehead atoms. The molecule has 0 aliphatic carbocycles. The molecule has 2 aromatic heterocycles. The van der Waals surface area contributed by atoms with E-state index in [1.165, 1.54) is 24.4 Å². The first kappa shape index (κ1) is 17.8. The molecule has 0 radical (unpaired) electrons. The molecule has 3 rings (SSSR count). The van der Waals surface area contributed by atoms with Gasteiger partial charge in [-0.3, -0.25) is 5.32 Å². The molecule has 0 aromatic carbocycles. The van der Waals surface area contributed by atoms with E-state index in [2.05, 4.69) is 15.3 Å². The van der Waals surface area contributed by atoms with Crippen LogP contribution in [0.1, 0.15) is 5.56 Å². The van der Waals surface area contributed by atoms with E-state index in [1.54, 1.807) is 4.90 Å². The number of piperazine rings is 1. The molecular formula is C16H16F3N5O2. The standard InChI is InChI=1S/C16H16F3N5O2/c17-16(18,19)11-1-4-14(21-9-11)23-5-7-24(8-6-23)15(26)22-13-3-2-12(25)10-20-13/h1-4,9-10,25H,5-8H2,(H,20,22,26). The van der Waals surface area contributed by atoms with Crippen molar-refractivity contribution in [2.45, 2.75) is 6.18 Å². The second kappa shape index (κ2) is 7.06. The molecular weight excluding hydrogens is 351 g/mol. The maximum atomic E-state index is 12.6. The van der Waals surface area contributed by atoms with Crippen molar-refractivity contribution >= 4 is 17.7 Å². The quantitative estimate of drug-likeness (QED) is 0.853. The molecule has 0 atom stereocenters. The molecule has 138 valence electrons. The van der Waals surface area contributed by atoms with Crippen LogP contribution in [0.15, 0.2) is 36.7 Å². The summed E-state index contributed by atoms with van der Waals surface area (Å²) in [6.45, 7) is 1.70. The van der Waals surface area contributed by atoms with E-state index < -0.39 is 11.7 Å². The van der Waals surface area contributed by atoms with Gasteiger partial charge in [-0.2, -0.15) is 13.2 Å². The first-order chi connectivity index (χ1) is 12.3. The third-order valence-corrected chi connectivity index (χ3v) is 3.95. The lowest BCUT2D eigenvalue weighted by Gasteiger charge is -2.35. The lowest BCUT2D eigenvalue weighted by Crippen LogP contribution is -2.50. The zero-order valence-corrected chi connectivity index (χ0v) is 13.6. The molecule has 10 heteroatoms. The van der Waals surface area contributed by atoms with Crippen LogP contribution in [-0.2, 0) is 6.18 Å². The van der Waals surface area contributed by atoms with Crippen molar-refractivity contribution in [2.75, 3.05) is 36.4 Å². The zero-order valence-electron chi connectivity index (χ0n) is 13.6. The SMILES string of the molecule is O=C(Nc1ccc(O)cn1)N1CCN(c2ccc(C(F)(F)F)cn2)CC1. The lowest BCUT2D eigenvalue weighted by molar-refractivity contribution is -0.137. The highest BCUT2D eigenvalue weighted by Gasteiger charge is 2.31. The summed E-state index contributed by atoms with van der Waals surface area (Å²) in [6, 6.07) is 4.90. The number of carbonyl (C=O) groups excluding carboxylic acids is 1. The number of halogens is 3. The highest BCUT2D eigenvalue weighted by atomic mass is 19.4. The summed E-state index contributed by atoms with van der Waals surface area (Å²) < 4.78 is 37.7. The lowest BCUT2D eigenvalue weighted by atomic mass is 10.2. The number of alkyl halides is 3. The fourth-order valence-corrected chi connectivity index (χ4v) is 2.53. The maximum Gasteiger partial charge on any atom is 0.417 e. The van der Waals surface area contributed by atoms with Crippen LogP contribution in [0, 0.1) is 0 Å². The summed E-state index contributed by atoms with van der Waals surface area (Å²) in [7, 11) is 0. The highest BCUT2D eigenvalue weighted by Crippen LogP contribution is 2.29. The van der Waals surface area contributed by atoms with Crippen molar-refractivity contribution < 1.29 is 23.1 Å². The Morgan fingerprint density at radius 3 is 2.31 bits per heavy atom. The summed E-state index contributed by atoms with van der Waals surface area (Å²) >= 11 is 0. The van der Waals surface area contributed by atoms with E-state index in [9.17, 15) is 23.1 Å². The van der Waals surface area contributed by atoms with Gasteiger partial charge in [-0.25, -0.2) is 14.8 Å². The van der Waals surface area contributed by atoms with Crippen LogP contribution in [0.4, 0.5) is 29.6 Å². The second-order valence-electron chi connectivity index (χ2n) is 5.71. The molecule has 0 spiro atoms. The number of aromatic hydroxyl groups is 1. The Labute approximate surface area is 147 Å². The van der Waals surface area contributed by atoms with Crippen molar-refractivity contribution in [3.05, 3.63) is 42.2 Å².